The maximum absolute atomic E-state index is 8.84. The van der Waals surface area contributed by atoms with Gasteiger partial charge in [-0.25, -0.2) is 4.98 Å². The van der Waals surface area contributed by atoms with Crippen molar-refractivity contribution in [3.05, 3.63) is 17.2 Å². The summed E-state index contributed by atoms with van der Waals surface area (Å²) in [7, 11) is 1.89. The lowest BCUT2D eigenvalue weighted by Gasteiger charge is -2.15. The van der Waals surface area contributed by atoms with Gasteiger partial charge in [0.15, 0.2) is 0 Å². The summed E-state index contributed by atoms with van der Waals surface area (Å²) in [6.45, 7) is 2.99. The van der Waals surface area contributed by atoms with E-state index in [0.717, 1.165) is 18.7 Å². The van der Waals surface area contributed by atoms with E-state index in [2.05, 4.69) is 17.2 Å². The third kappa shape index (κ3) is 3.48. The lowest BCUT2D eigenvalue weighted by molar-refractivity contribution is 0.261. The summed E-state index contributed by atoms with van der Waals surface area (Å²) in [6.07, 6.45) is 3.42. The monoisotopic (exact) mass is 231 g/mol. The van der Waals surface area contributed by atoms with E-state index in [9.17, 15) is 0 Å². The molecule has 0 saturated carbocycles. The molecule has 1 unspecified atom stereocenters. The minimum atomic E-state index is 0.215. The first kappa shape index (κ1) is 12.5. The summed E-state index contributed by atoms with van der Waals surface area (Å²) in [4.78, 5) is 4.19. The molecule has 4 nitrogen and oxygen atoms in total. The Kier molecular flexibility index (Phi) is 5.08. The van der Waals surface area contributed by atoms with Crippen molar-refractivity contribution in [1.29, 1.82) is 0 Å². The number of rotatable bonds is 6. The zero-order chi connectivity index (χ0) is 11.3. The molecule has 0 saturated heterocycles. The molecule has 0 aliphatic carbocycles. The summed E-state index contributed by atoms with van der Waals surface area (Å²) >= 11 is 5.87. The molecule has 86 valence electrons. The highest BCUT2D eigenvalue weighted by Gasteiger charge is 2.08. The minimum absolute atomic E-state index is 0.215. The molecular formula is C10H18ClN3O. The predicted molar refractivity (Wildman–Crippen MR) is 60.8 cm³/mol. The van der Waals surface area contributed by atoms with Crippen molar-refractivity contribution >= 4 is 11.6 Å². The Bertz CT molecular complexity index is 301. The van der Waals surface area contributed by atoms with Gasteiger partial charge in [-0.05, 0) is 12.8 Å². The summed E-state index contributed by atoms with van der Waals surface area (Å²) in [5, 5.41) is 12.8. The number of hydrogen-bond donors (Lipinski definition) is 2. The second kappa shape index (κ2) is 6.10. The third-order valence-corrected chi connectivity index (χ3v) is 2.90. The number of aromatic nitrogens is 2. The van der Waals surface area contributed by atoms with Gasteiger partial charge in [0.25, 0.3) is 0 Å². The van der Waals surface area contributed by atoms with Crippen LogP contribution in [0.3, 0.4) is 0 Å². The van der Waals surface area contributed by atoms with E-state index in [1.807, 2.05) is 11.6 Å². The van der Waals surface area contributed by atoms with Gasteiger partial charge in [-0.1, -0.05) is 18.5 Å². The number of nitrogens with one attached hydrogen (secondary N) is 1. The van der Waals surface area contributed by atoms with E-state index in [-0.39, 0.29) is 6.61 Å². The van der Waals surface area contributed by atoms with Crippen LogP contribution in [-0.4, -0.2) is 27.3 Å². The average Bonchev–Trinajstić information content (AvgIpc) is 2.55. The smallest absolute Gasteiger partial charge is 0.128 e. The Morgan fingerprint density at radius 2 is 2.40 bits per heavy atom. The van der Waals surface area contributed by atoms with Crippen molar-refractivity contribution in [2.75, 3.05) is 6.61 Å². The van der Waals surface area contributed by atoms with E-state index >= 15 is 0 Å². The SMILES string of the molecule is CCC(CCO)NCc1ncc(Cl)n1C. The van der Waals surface area contributed by atoms with E-state index < -0.39 is 0 Å². The van der Waals surface area contributed by atoms with Gasteiger partial charge >= 0.3 is 0 Å². The van der Waals surface area contributed by atoms with Gasteiger partial charge in [-0.3, -0.25) is 0 Å². The van der Waals surface area contributed by atoms with Gasteiger partial charge in [-0.15, -0.1) is 0 Å². The van der Waals surface area contributed by atoms with E-state index in [1.165, 1.54) is 0 Å². The van der Waals surface area contributed by atoms with Gasteiger partial charge < -0.3 is 15.0 Å². The second-order valence-electron chi connectivity index (χ2n) is 3.55. The summed E-state index contributed by atoms with van der Waals surface area (Å²) in [5.74, 6) is 0.913. The van der Waals surface area contributed by atoms with Crippen LogP contribution in [0.25, 0.3) is 0 Å². The first-order chi connectivity index (χ1) is 7.19. The molecule has 1 atom stereocenters. The van der Waals surface area contributed by atoms with Crippen molar-refractivity contribution in [1.82, 2.24) is 14.9 Å². The molecule has 1 aromatic rings. The first-order valence-corrected chi connectivity index (χ1v) is 5.57. The zero-order valence-corrected chi connectivity index (χ0v) is 9.96. The van der Waals surface area contributed by atoms with Gasteiger partial charge in [0.05, 0.1) is 12.7 Å². The Morgan fingerprint density at radius 1 is 1.67 bits per heavy atom. The van der Waals surface area contributed by atoms with Gasteiger partial charge in [0, 0.05) is 19.7 Å². The summed E-state index contributed by atoms with van der Waals surface area (Å²) < 4.78 is 1.85. The lowest BCUT2D eigenvalue weighted by Crippen LogP contribution is -2.29. The topological polar surface area (TPSA) is 50.1 Å². The van der Waals surface area contributed by atoms with Gasteiger partial charge in [0.1, 0.15) is 11.0 Å². The summed E-state index contributed by atoms with van der Waals surface area (Å²) in [5.41, 5.74) is 0. The molecule has 0 aromatic carbocycles. The number of aliphatic hydroxyl groups is 1. The molecule has 0 amide bonds. The largest absolute Gasteiger partial charge is 0.396 e. The molecule has 0 aliphatic heterocycles. The molecule has 1 rings (SSSR count). The zero-order valence-electron chi connectivity index (χ0n) is 9.20. The third-order valence-electron chi connectivity index (χ3n) is 2.55. The van der Waals surface area contributed by atoms with Crippen molar-refractivity contribution in [3.63, 3.8) is 0 Å². The Balaban J connectivity index is 2.45. The van der Waals surface area contributed by atoms with Crippen molar-refractivity contribution in [2.45, 2.75) is 32.4 Å². The Hall–Kier alpha value is -0.580. The van der Waals surface area contributed by atoms with E-state index in [0.29, 0.717) is 17.7 Å². The van der Waals surface area contributed by atoms with Crippen molar-refractivity contribution < 1.29 is 5.11 Å². The Labute approximate surface area is 95.3 Å². The fourth-order valence-corrected chi connectivity index (χ4v) is 1.58. The van der Waals surface area contributed by atoms with Crippen LogP contribution >= 0.6 is 11.6 Å². The van der Waals surface area contributed by atoms with E-state index in [4.69, 9.17) is 16.7 Å². The molecule has 0 radical (unpaired) electrons. The molecule has 5 heteroatoms. The summed E-state index contributed by atoms with van der Waals surface area (Å²) in [6, 6.07) is 0.338. The predicted octanol–water partition coefficient (Wildman–Crippen LogP) is 1.32. The number of aliphatic hydroxyl groups excluding tert-OH is 1. The fourth-order valence-electron chi connectivity index (χ4n) is 1.43. The molecule has 2 N–H and O–H groups in total. The average molecular weight is 232 g/mol. The highest BCUT2D eigenvalue weighted by molar-refractivity contribution is 6.29. The molecule has 0 bridgehead atoms. The van der Waals surface area contributed by atoms with Crippen molar-refractivity contribution in [2.24, 2.45) is 7.05 Å². The van der Waals surface area contributed by atoms with Gasteiger partial charge in [-0.2, -0.15) is 0 Å². The van der Waals surface area contributed by atoms with E-state index in [1.54, 1.807) is 6.20 Å². The number of halogens is 1. The molecule has 0 aliphatic rings. The molecule has 1 heterocycles. The van der Waals surface area contributed by atoms with Crippen LogP contribution in [0, 0.1) is 0 Å². The second-order valence-corrected chi connectivity index (χ2v) is 3.94. The standard InChI is InChI=1S/C10H18ClN3O/c1-3-8(4-5-15)12-7-10-13-6-9(11)14(10)2/h6,8,12,15H,3-5,7H2,1-2H3. The normalized spacial score (nSPS) is 13.1. The number of nitrogens with zero attached hydrogens (tertiary/aromatic N) is 2. The molecular weight excluding hydrogens is 214 g/mol. The maximum atomic E-state index is 8.84. The number of imidazole rings is 1. The lowest BCUT2D eigenvalue weighted by atomic mass is 10.1. The first-order valence-electron chi connectivity index (χ1n) is 5.19. The van der Waals surface area contributed by atoms with Crippen LogP contribution < -0.4 is 5.32 Å². The van der Waals surface area contributed by atoms with Gasteiger partial charge in [0.2, 0.25) is 0 Å². The molecule has 15 heavy (non-hydrogen) atoms. The minimum Gasteiger partial charge on any atom is -0.396 e. The molecule has 1 aromatic heterocycles. The van der Waals surface area contributed by atoms with Crippen LogP contribution in [0.2, 0.25) is 5.15 Å². The van der Waals surface area contributed by atoms with Crippen LogP contribution in [0.15, 0.2) is 6.20 Å². The Morgan fingerprint density at radius 3 is 2.87 bits per heavy atom. The molecule has 0 fully saturated rings. The van der Waals surface area contributed by atoms with Crippen LogP contribution in [0.1, 0.15) is 25.6 Å². The fraction of sp³-hybridized carbons (Fsp3) is 0.700. The van der Waals surface area contributed by atoms with Crippen molar-refractivity contribution in [3.8, 4) is 0 Å². The van der Waals surface area contributed by atoms with Crippen LogP contribution in [0.5, 0.6) is 0 Å². The highest BCUT2D eigenvalue weighted by Crippen LogP contribution is 2.09. The van der Waals surface area contributed by atoms with Crippen LogP contribution in [-0.2, 0) is 13.6 Å². The quantitative estimate of drug-likeness (QED) is 0.777. The highest BCUT2D eigenvalue weighted by atomic mass is 35.5. The maximum Gasteiger partial charge on any atom is 0.128 e. The van der Waals surface area contributed by atoms with Crippen LogP contribution in [0.4, 0.5) is 0 Å². The number of hydrogen-bond acceptors (Lipinski definition) is 3. The molecule has 0 spiro atoms.